The van der Waals surface area contributed by atoms with Crippen molar-refractivity contribution in [3.63, 3.8) is 0 Å². The molecule has 1 aliphatic rings. The molecular weight excluding hydrogens is 150 g/mol. The Balaban J connectivity index is 2.24. The van der Waals surface area contributed by atoms with Crippen LogP contribution in [0.4, 0.5) is 0 Å². The van der Waals surface area contributed by atoms with E-state index in [2.05, 4.69) is 29.4 Å². The van der Waals surface area contributed by atoms with Crippen molar-refractivity contribution in [1.82, 2.24) is 15.5 Å². The third-order valence-corrected chi connectivity index (χ3v) is 2.31. The molecule has 0 aliphatic carbocycles. The molecule has 12 heavy (non-hydrogen) atoms. The maximum atomic E-state index is 3.52. The average molecular weight is 171 g/mol. The fourth-order valence-corrected chi connectivity index (χ4v) is 1.89. The summed E-state index contributed by atoms with van der Waals surface area (Å²) in [5.74, 6) is 0. The molecule has 0 saturated carbocycles. The zero-order valence-corrected chi connectivity index (χ0v) is 8.43. The van der Waals surface area contributed by atoms with E-state index >= 15 is 0 Å². The third-order valence-electron chi connectivity index (χ3n) is 2.31. The van der Waals surface area contributed by atoms with Crippen LogP contribution in [0, 0.1) is 0 Å². The van der Waals surface area contributed by atoms with Crippen LogP contribution in [0.3, 0.4) is 0 Å². The Bertz CT molecular complexity index is 117. The normalized spacial score (nSPS) is 32.2. The van der Waals surface area contributed by atoms with Crippen molar-refractivity contribution in [3.8, 4) is 0 Å². The van der Waals surface area contributed by atoms with Crippen LogP contribution in [0.5, 0.6) is 0 Å². The lowest BCUT2D eigenvalue weighted by atomic mass is 10.1. The molecule has 72 valence electrons. The Morgan fingerprint density at radius 3 is 2.42 bits per heavy atom. The zero-order chi connectivity index (χ0) is 8.97. The smallest absolute Gasteiger partial charge is 0.0169 e. The number of nitrogens with zero attached hydrogens (tertiary/aromatic N) is 1. The van der Waals surface area contributed by atoms with Crippen molar-refractivity contribution in [2.24, 2.45) is 0 Å². The van der Waals surface area contributed by atoms with Gasteiger partial charge in [-0.3, -0.25) is 4.90 Å². The van der Waals surface area contributed by atoms with Crippen LogP contribution >= 0.6 is 0 Å². The van der Waals surface area contributed by atoms with Crippen molar-refractivity contribution in [2.45, 2.75) is 25.9 Å². The lowest BCUT2D eigenvalue weighted by Crippen LogP contribution is -2.55. The molecule has 1 fully saturated rings. The largest absolute Gasteiger partial charge is 0.318 e. The summed E-state index contributed by atoms with van der Waals surface area (Å²) < 4.78 is 0. The van der Waals surface area contributed by atoms with E-state index in [4.69, 9.17) is 0 Å². The Labute approximate surface area is 75.5 Å². The van der Waals surface area contributed by atoms with Crippen LogP contribution in [0.2, 0.25) is 0 Å². The first-order valence-electron chi connectivity index (χ1n) is 4.85. The van der Waals surface area contributed by atoms with Crippen LogP contribution in [0.1, 0.15) is 13.8 Å². The number of piperazine rings is 1. The molecule has 1 unspecified atom stereocenters. The van der Waals surface area contributed by atoms with Gasteiger partial charge < -0.3 is 10.6 Å². The minimum absolute atomic E-state index is 0.644. The zero-order valence-electron chi connectivity index (χ0n) is 8.43. The molecule has 1 aliphatic heterocycles. The van der Waals surface area contributed by atoms with Gasteiger partial charge in [0.15, 0.2) is 0 Å². The van der Waals surface area contributed by atoms with Crippen LogP contribution in [-0.4, -0.2) is 50.2 Å². The molecule has 0 radical (unpaired) electrons. The lowest BCUT2D eigenvalue weighted by Gasteiger charge is -2.36. The molecular formula is C9H21N3. The Morgan fingerprint density at radius 2 is 1.92 bits per heavy atom. The highest BCUT2D eigenvalue weighted by atomic mass is 15.2. The maximum Gasteiger partial charge on any atom is 0.0169 e. The summed E-state index contributed by atoms with van der Waals surface area (Å²) in [5.41, 5.74) is 0. The molecule has 3 nitrogen and oxygen atoms in total. The molecule has 0 amide bonds. The van der Waals surface area contributed by atoms with Crippen LogP contribution in [0.25, 0.3) is 0 Å². The molecule has 2 atom stereocenters. The van der Waals surface area contributed by atoms with Crippen molar-refractivity contribution in [2.75, 3.05) is 33.2 Å². The Morgan fingerprint density at radius 1 is 1.33 bits per heavy atom. The van der Waals surface area contributed by atoms with E-state index in [9.17, 15) is 0 Å². The molecule has 0 aromatic heterocycles. The standard InChI is InChI=1S/C9H21N3/c1-8-6-12(5-4-10-3)7-9(2)11-8/h8-11H,4-7H2,1-3H3/t8-,9?/m0/s1. The second-order valence-electron chi connectivity index (χ2n) is 3.83. The van der Waals surface area contributed by atoms with Crippen molar-refractivity contribution < 1.29 is 0 Å². The van der Waals surface area contributed by atoms with Gasteiger partial charge in [0.25, 0.3) is 0 Å². The quantitative estimate of drug-likeness (QED) is 0.620. The highest BCUT2D eigenvalue weighted by Gasteiger charge is 2.19. The molecule has 1 heterocycles. The Kier molecular flexibility index (Phi) is 3.98. The summed E-state index contributed by atoms with van der Waals surface area (Å²) >= 11 is 0. The fourth-order valence-electron chi connectivity index (χ4n) is 1.89. The van der Waals surface area contributed by atoms with E-state index in [0.29, 0.717) is 12.1 Å². The van der Waals surface area contributed by atoms with E-state index in [1.807, 2.05) is 7.05 Å². The van der Waals surface area contributed by atoms with Gasteiger partial charge in [-0.25, -0.2) is 0 Å². The predicted octanol–water partition coefficient (Wildman–Crippen LogP) is -0.112. The van der Waals surface area contributed by atoms with E-state index < -0.39 is 0 Å². The lowest BCUT2D eigenvalue weighted by molar-refractivity contribution is 0.175. The monoisotopic (exact) mass is 171 g/mol. The molecule has 3 heteroatoms. The van der Waals surface area contributed by atoms with Gasteiger partial charge in [-0.15, -0.1) is 0 Å². The maximum absolute atomic E-state index is 3.52. The molecule has 0 aromatic carbocycles. The first kappa shape index (κ1) is 9.96. The summed E-state index contributed by atoms with van der Waals surface area (Å²) in [5, 5.41) is 6.71. The minimum atomic E-state index is 0.644. The number of likely N-dealkylation sites (N-methyl/N-ethyl adjacent to an activating group) is 1. The van der Waals surface area contributed by atoms with Crippen molar-refractivity contribution in [1.29, 1.82) is 0 Å². The SMILES string of the molecule is CNCCN1CC(C)N[C@@H](C)C1. The fraction of sp³-hybridized carbons (Fsp3) is 1.00. The summed E-state index contributed by atoms with van der Waals surface area (Å²) in [4.78, 5) is 2.52. The molecule has 1 saturated heterocycles. The molecule has 1 rings (SSSR count). The summed E-state index contributed by atoms with van der Waals surface area (Å²) in [6.07, 6.45) is 0. The second kappa shape index (κ2) is 4.80. The Hall–Kier alpha value is -0.120. The third kappa shape index (κ3) is 3.09. The van der Waals surface area contributed by atoms with E-state index in [-0.39, 0.29) is 0 Å². The highest BCUT2D eigenvalue weighted by molar-refractivity contribution is 4.80. The average Bonchev–Trinajstić information content (AvgIpc) is 1.99. The van der Waals surface area contributed by atoms with E-state index in [0.717, 1.165) is 6.54 Å². The molecule has 0 spiro atoms. The van der Waals surface area contributed by atoms with Crippen LogP contribution in [0.15, 0.2) is 0 Å². The number of hydrogen-bond acceptors (Lipinski definition) is 3. The molecule has 0 bridgehead atoms. The topological polar surface area (TPSA) is 27.3 Å². The van der Waals surface area contributed by atoms with Crippen molar-refractivity contribution >= 4 is 0 Å². The number of nitrogens with one attached hydrogen (secondary N) is 2. The van der Waals surface area contributed by atoms with E-state index in [1.165, 1.54) is 19.6 Å². The van der Waals surface area contributed by atoms with Gasteiger partial charge in [-0.2, -0.15) is 0 Å². The summed E-state index contributed by atoms with van der Waals surface area (Å²) in [6.45, 7) is 9.15. The highest BCUT2D eigenvalue weighted by Crippen LogP contribution is 2.02. The van der Waals surface area contributed by atoms with Crippen molar-refractivity contribution in [3.05, 3.63) is 0 Å². The van der Waals surface area contributed by atoms with Gasteiger partial charge in [0.05, 0.1) is 0 Å². The van der Waals surface area contributed by atoms with Gasteiger partial charge >= 0.3 is 0 Å². The summed E-state index contributed by atoms with van der Waals surface area (Å²) in [6, 6.07) is 1.29. The number of rotatable bonds is 3. The van der Waals surface area contributed by atoms with Gasteiger partial charge in [0.1, 0.15) is 0 Å². The van der Waals surface area contributed by atoms with Gasteiger partial charge in [0, 0.05) is 38.3 Å². The number of hydrogen-bond donors (Lipinski definition) is 2. The summed E-state index contributed by atoms with van der Waals surface area (Å²) in [7, 11) is 2.01. The predicted molar refractivity (Wildman–Crippen MR) is 52.4 cm³/mol. The van der Waals surface area contributed by atoms with Gasteiger partial charge in [-0.1, -0.05) is 0 Å². The first-order chi connectivity index (χ1) is 5.72. The van der Waals surface area contributed by atoms with Crippen LogP contribution in [-0.2, 0) is 0 Å². The van der Waals surface area contributed by atoms with Crippen LogP contribution < -0.4 is 10.6 Å². The van der Waals surface area contributed by atoms with E-state index in [1.54, 1.807) is 0 Å². The second-order valence-corrected chi connectivity index (χ2v) is 3.83. The van der Waals surface area contributed by atoms with Gasteiger partial charge in [0.2, 0.25) is 0 Å². The minimum Gasteiger partial charge on any atom is -0.318 e. The first-order valence-corrected chi connectivity index (χ1v) is 4.85. The molecule has 0 aromatic rings. The van der Waals surface area contributed by atoms with Gasteiger partial charge in [-0.05, 0) is 20.9 Å². The molecule has 2 N–H and O–H groups in total.